The van der Waals surface area contributed by atoms with Gasteiger partial charge in [-0.05, 0) is 19.2 Å². The Balaban J connectivity index is 4.57. The maximum absolute atomic E-state index is 12.4. The SMILES string of the molecule is [2H]C([2H])([2H])C([2H])([2H])C([2H])([2H])C([2H])([2H])C(=O)NC(CO)C(O)C=CCCCCCCCCCCCCC. The topological polar surface area (TPSA) is 69.6 Å². The molecule has 0 aliphatic rings. The molecule has 27 heavy (non-hydrogen) atoms. The highest BCUT2D eigenvalue weighted by molar-refractivity contribution is 5.76. The molecule has 3 N–H and O–H groups in total. The molecule has 0 spiro atoms. The van der Waals surface area contributed by atoms with Crippen molar-refractivity contribution in [3.8, 4) is 0 Å². The van der Waals surface area contributed by atoms with Gasteiger partial charge in [0.2, 0.25) is 5.91 Å². The van der Waals surface area contributed by atoms with Crippen LogP contribution in [0.2, 0.25) is 0 Å². The van der Waals surface area contributed by atoms with E-state index in [1.807, 2.05) is 5.32 Å². The number of allylic oxidation sites excluding steroid dienone is 1. The van der Waals surface area contributed by atoms with Crippen molar-refractivity contribution in [1.29, 1.82) is 0 Å². The Morgan fingerprint density at radius 2 is 1.67 bits per heavy atom. The van der Waals surface area contributed by atoms with E-state index in [4.69, 9.17) is 12.3 Å². The highest BCUT2D eigenvalue weighted by Crippen LogP contribution is 2.12. The molecule has 0 radical (unpaired) electrons. The Morgan fingerprint density at radius 3 is 2.22 bits per heavy atom. The third-order valence-corrected chi connectivity index (χ3v) is 4.47. The van der Waals surface area contributed by atoms with E-state index in [0.29, 0.717) is 6.42 Å². The van der Waals surface area contributed by atoms with Gasteiger partial charge in [0.15, 0.2) is 0 Å². The van der Waals surface area contributed by atoms with E-state index in [1.165, 1.54) is 57.4 Å². The van der Waals surface area contributed by atoms with Crippen LogP contribution in [0, 0.1) is 0 Å². The van der Waals surface area contributed by atoms with Crippen molar-refractivity contribution in [2.45, 2.75) is 122 Å². The number of aliphatic hydroxyl groups excluding tert-OH is 2. The summed E-state index contributed by atoms with van der Waals surface area (Å²) in [7, 11) is 0. The molecule has 0 fully saturated rings. The highest BCUT2D eigenvalue weighted by Gasteiger charge is 2.17. The maximum atomic E-state index is 12.4. The molecule has 160 valence electrons. The predicted octanol–water partition coefficient (Wildman–Crippen LogP) is 5.27. The third-order valence-electron chi connectivity index (χ3n) is 4.47. The second kappa shape index (κ2) is 19.9. The summed E-state index contributed by atoms with van der Waals surface area (Å²) >= 11 is 0. The zero-order valence-electron chi connectivity index (χ0n) is 25.8. The zero-order chi connectivity index (χ0) is 28.0. The molecule has 2 unspecified atom stereocenters. The van der Waals surface area contributed by atoms with E-state index in [-0.39, 0.29) is 0 Å². The first-order valence-corrected chi connectivity index (χ1v) is 10.3. The Hall–Kier alpha value is -0.870. The molecule has 0 saturated heterocycles. The zero-order valence-corrected chi connectivity index (χ0v) is 16.8. The molecule has 0 rings (SSSR count). The average Bonchev–Trinajstić information content (AvgIpc) is 2.78. The number of unbranched alkanes of at least 4 members (excludes halogenated alkanes) is 11. The number of hydrogen-bond donors (Lipinski definition) is 3. The average molecular weight is 393 g/mol. The van der Waals surface area contributed by atoms with Gasteiger partial charge in [0.1, 0.15) is 0 Å². The van der Waals surface area contributed by atoms with Crippen molar-refractivity contribution >= 4 is 5.91 Å². The number of amides is 1. The van der Waals surface area contributed by atoms with Crippen LogP contribution >= 0.6 is 0 Å². The van der Waals surface area contributed by atoms with Gasteiger partial charge in [-0.1, -0.05) is 96.5 Å². The minimum Gasteiger partial charge on any atom is -0.394 e. The Morgan fingerprint density at radius 1 is 1.07 bits per heavy atom. The first-order valence-electron chi connectivity index (χ1n) is 14.8. The molecule has 0 aromatic rings. The van der Waals surface area contributed by atoms with Crippen LogP contribution in [-0.2, 0) is 4.79 Å². The highest BCUT2D eigenvalue weighted by atomic mass is 16.3. The Kier molecular flexibility index (Phi) is 10.4. The van der Waals surface area contributed by atoms with Crippen LogP contribution in [0.25, 0.3) is 0 Å². The first-order chi connectivity index (χ1) is 16.6. The fourth-order valence-electron chi connectivity index (χ4n) is 2.83. The van der Waals surface area contributed by atoms with Crippen LogP contribution in [-0.4, -0.2) is 34.9 Å². The molecule has 0 aliphatic heterocycles. The molecule has 4 nitrogen and oxygen atoms in total. The lowest BCUT2D eigenvalue weighted by molar-refractivity contribution is -0.122. The fraction of sp³-hybridized carbons (Fsp3) is 0.870. The van der Waals surface area contributed by atoms with E-state index in [2.05, 4.69) is 6.92 Å². The maximum Gasteiger partial charge on any atom is 0.220 e. The lowest BCUT2D eigenvalue weighted by Gasteiger charge is -2.19. The van der Waals surface area contributed by atoms with Crippen molar-refractivity contribution < 1.29 is 27.3 Å². The Labute approximate surface area is 180 Å². The van der Waals surface area contributed by atoms with E-state index in [0.717, 1.165) is 19.3 Å². The quantitative estimate of drug-likeness (QED) is 0.207. The van der Waals surface area contributed by atoms with Crippen LogP contribution < -0.4 is 5.32 Å². The molecule has 2 atom stereocenters. The summed E-state index contributed by atoms with van der Waals surface area (Å²) in [5.41, 5.74) is 0. The molecule has 0 aromatic carbocycles. The monoisotopic (exact) mass is 392 g/mol. The molecule has 4 heteroatoms. The number of rotatable bonds is 19. The predicted molar refractivity (Wildman–Crippen MR) is 115 cm³/mol. The van der Waals surface area contributed by atoms with Gasteiger partial charge < -0.3 is 15.5 Å². The number of carbonyl (C=O) groups excluding carboxylic acids is 1. The summed E-state index contributed by atoms with van der Waals surface area (Å²) in [6, 6.07) is -1.38. The second-order valence-electron chi connectivity index (χ2n) is 6.88. The number of carbonyl (C=O) groups is 1. The lowest BCUT2D eigenvalue weighted by atomic mass is 10.0. The van der Waals surface area contributed by atoms with Gasteiger partial charge in [0.25, 0.3) is 0 Å². The lowest BCUT2D eigenvalue weighted by Crippen LogP contribution is -2.45. The number of aliphatic hydroxyl groups is 2. The summed E-state index contributed by atoms with van der Waals surface area (Å²) in [6.45, 7) is -2.11. The molecule has 1 amide bonds. The van der Waals surface area contributed by atoms with Gasteiger partial charge in [0.05, 0.1) is 18.8 Å². The standard InChI is InChI=1S/C23H45NO3/c1-3-5-7-8-9-10-11-12-13-14-15-16-17-18-22(26)21(20-25)24-23(27)19-6-4-2/h17-18,21-22,25-26H,3-16,19-20H2,1-2H3,(H,24,27)/i2D3,4D2,6D2,19D2. The largest absolute Gasteiger partial charge is 0.394 e. The van der Waals surface area contributed by atoms with Crippen molar-refractivity contribution in [2.24, 2.45) is 0 Å². The van der Waals surface area contributed by atoms with Gasteiger partial charge >= 0.3 is 0 Å². The summed E-state index contributed by atoms with van der Waals surface area (Å²) in [5, 5.41) is 21.7. The van der Waals surface area contributed by atoms with Crippen molar-refractivity contribution in [1.82, 2.24) is 5.32 Å². The van der Waals surface area contributed by atoms with Crippen LogP contribution in [0.4, 0.5) is 0 Å². The van der Waals surface area contributed by atoms with Crippen LogP contribution in [0.5, 0.6) is 0 Å². The molecule has 0 bridgehead atoms. The van der Waals surface area contributed by atoms with Crippen molar-refractivity contribution in [3.63, 3.8) is 0 Å². The first kappa shape index (κ1) is 14.2. The smallest absolute Gasteiger partial charge is 0.220 e. The normalized spacial score (nSPS) is 20.8. The van der Waals surface area contributed by atoms with Crippen LogP contribution in [0.1, 0.15) is 122 Å². The van der Waals surface area contributed by atoms with Gasteiger partial charge in [-0.25, -0.2) is 0 Å². The fourth-order valence-corrected chi connectivity index (χ4v) is 2.83. The minimum atomic E-state index is -3.73. The van der Waals surface area contributed by atoms with E-state index >= 15 is 0 Å². The number of nitrogens with one attached hydrogen (secondary N) is 1. The van der Waals surface area contributed by atoms with Crippen LogP contribution in [0.15, 0.2) is 12.2 Å². The second-order valence-corrected chi connectivity index (χ2v) is 6.88. The van der Waals surface area contributed by atoms with Gasteiger partial charge in [-0.2, -0.15) is 0 Å². The summed E-state index contributed by atoms with van der Waals surface area (Å²) in [6.07, 6.45) is 4.55. The summed E-state index contributed by atoms with van der Waals surface area (Å²) < 4.78 is 67.8. The van der Waals surface area contributed by atoms with Crippen molar-refractivity contribution in [2.75, 3.05) is 6.61 Å². The molecule has 0 heterocycles. The Bertz CT molecular complexity index is 655. The van der Waals surface area contributed by atoms with E-state index < -0.39 is 50.6 Å². The molecule has 0 aromatic heterocycles. The van der Waals surface area contributed by atoms with Gasteiger partial charge in [0, 0.05) is 18.7 Å². The third kappa shape index (κ3) is 17.0. The van der Waals surface area contributed by atoms with Crippen molar-refractivity contribution in [3.05, 3.63) is 12.2 Å². The summed E-state index contributed by atoms with van der Waals surface area (Å²) in [4.78, 5) is 12.4. The molecule has 0 aliphatic carbocycles. The van der Waals surface area contributed by atoms with Gasteiger partial charge in [-0.15, -0.1) is 0 Å². The van der Waals surface area contributed by atoms with Gasteiger partial charge in [-0.3, -0.25) is 4.79 Å². The summed E-state index contributed by atoms with van der Waals surface area (Å²) in [5.74, 6) is -1.67. The van der Waals surface area contributed by atoms with E-state index in [1.54, 1.807) is 6.08 Å². The molecular weight excluding hydrogens is 338 g/mol. The molecule has 0 saturated carbocycles. The van der Waals surface area contributed by atoms with Crippen LogP contribution in [0.3, 0.4) is 0 Å². The minimum absolute atomic E-state index is 0.669. The molecular formula is C23H45NO3. The van der Waals surface area contributed by atoms with E-state index in [9.17, 15) is 15.0 Å². The number of hydrogen-bond acceptors (Lipinski definition) is 3.